The van der Waals surface area contributed by atoms with Gasteiger partial charge >= 0.3 is 5.97 Å². The molecule has 0 radical (unpaired) electrons. The molecule has 13 heavy (non-hydrogen) atoms. The standard InChI is InChI=1S/C10H8O3/c11-7-1-2-8-3-5-9(6-4-8)10(12)13/h1-7H,(H,12,13). The first-order valence-corrected chi connectivity index (χ1v) is 3.69. The van der Waals surface area contributed by atoms with Crippen molar-refractivity contribution in [2.24, 2.45) is 0 Å². The summed E-state index contributed by atoms with van der Waals surface area (Å²) in [5, 5.41) is 8.58. The maximum atomic E-state index is 10.5. The Morgan fingerprint density at radius 1 is 1.23 bits per heavy atom. The Labute approximate surface area is 75.3 Å². The van der Waals surface area contributed by atoms with E-state index in [9.17, 15) is 9.59 Å². The van der Waals surface area contributed by atoms with Crippen LogP contribution in [0, 0.1) is 0 Å². The van der Waals surface area contributed by atoms with Crippen LogP contribution in [-0.4, -0.2) is 17.4 Å². The van der Waals surface area contributed by atoms with Crippen molar-refractivity contribution in [1.82, 2.24) is 0 Å². The minimum atomic E-state index is -0.953. The Kier molecular flexibility index (Phi) is 2.97. The van der Waals surface area contributed by atoms with E-state index in [1.165, 1.54) is 18.2 Å². The number of hydrogen-bond donors (Lipinski definition) is 1. The van der Waals surface area contributed by atoms with Crippen molar-refractivity contribution >= 4 is 18.3 Å². The fourth-order valence-electron chi connectivity index (χ4n) is 0.887. The lowest BCUT2D eigenvalue weighted by molar-refractivity contribution is -0.104. The first kappa shape index (κ1) is 9.19. The highest BCUT2D eigenvalue weighted by molar-refractivity contribution is 5.88. The van der Waals surface area contributed by atoms with Gasteiger partial charge in [0, 0.05) is 0 Å². The topological polar surface area (TPSA) is 54.4 Å². The van der Waals surface area contributed by atoms with Gasteiger partial charge in [-0.2, -0.15) is 0 Å². The molecule has 66 valence electrons. The molecule has 0 aliphatic carbocycles. The predicted octanol–water partition coefficient (Wildman–Crippen LogP) is 1.60. The molecule has 1 N–H and O–H groups in total. The molecular weight excluding hydrogens is 168 g/mol. The first-order chi connectivity index (χ1) is 6.24. The summed E-state index contributed by atoms with van der Waals surface area (Å²) in [4.78, 5) is 20.4. The monoisotopic (exact) mass is 176 g/mol. The van der Waals surface area contributed by atoms with E-state index in [1.807, 2.05) is 0 Å². The van der Waals surface area contributed by atoms with Gasteiger partial charge < -0.3 is 5.11 Å². The molecule has 0 aliphatic rings. The molecule has 1 aromatic rings. The van der Waals surface area contributed by atoms with E-state index >= 15 is 0 Å². The van der Waals surface area contributed by atoms with Crippen molar-refractivity contribution in [3.63, 3.8) is 0 Å². The Balaban J connectivity index is 2.87. The van der Waals surface area contributed by atoms with Gasteiger partial charge in [-0.1, -0.05) is 18.2 Å². The van der Waals surface area contributed by atoms with Crippen LogP contribution in [0.2, 0.25) is 0 Å². The van der Waals surface area contributed by atoms with Gasteiger partial charge in [-0.15, -0.1) is 0 Å². The highest BCUT2D eigenvalue weighted by atomic mass is 16.4. The lowest BCUT2D eigenvalue weighted by atomic mass is 10.1. The van der Waals surface area contributed by atoms with Crippen molar-refractivity contribution in [2.75, 3.05) is 0 Å². The molecular formula is C10H8O3. The molecule has 1 aromatic carbocycles. The fourth-order valence-corrected chi connectivity index (χ4v) is 0.887. The van der Waals surface area contributed by atoms with Crippen LogP contribution < -0.4 is 0 Å². The van der Waals surface area contributed by atoms with E-state index in [2.05, 4.69) is 0 Å². The number of allylic oxidation sites excluding steroid dienone is 1. The number of benzene rings is 1. The van der Waals surface area contributed by atoms with Crippen LogP contribution in [0.1, 0.15) is 15.9 Å². The Hall–Kier alpha value is -1.90. The van der Waals surface area contributed by atoms with Crippen LogP contribution in [0.15, 0.2) is 30.3 Å². The van der Waals surface area contributed by atoms with Gasteiger partial charge in [0.2, 0.25) is 0 Å². The Morgan fingerprint density at radius 2 is 1.85 bits per heavy atom. The lowest BCUT2D eigenvalue weighted by Crippen LogP contribution is -1.94. The lowest BCUT2D eigenvalue weighted by Gasteiger charge is -1.94. The SMILES string of the molecule is O=CC=Cc1ccc(C(=O)O)cc1. The minimum Gasteiger partial charge on any atom is -0.478 e. The van der Waals surface area contributed by atoms with Crippen molar-refractivity contribution in [3.05, 3.63) is 41.5 Å². The van der Waals surface area contributed by atoms with Crippen molar-refractivity contribution < 1.29 is 14.7 Å². The number of carboxylic acids is 1. The summed E-state index contributed by atoms with van der Waals surface area (Å²) in [5.74, 6) is -0.953. The maximum absolute atomic E-state index is 10.5. The highest BCUT2D eigenvalue weighted by Crippen LogP contribution is 2.05. The van der Waals surface area contributed by atoms with E-state index in [0.717, 1.165) is 5.56 Å². The number of carbonyl (C=O) groups excluding carboxylic acids is 1. The van der Waals surface area contributed by atoms with Gasteiger partial charge in [0.05, 0.1) is 5.56 Å². The number of aromatic carboxylic acids is 1. The van der Waals surface area contributed by atoms with Crippen molar-refractivity contribution in [1.29, 1.82) is 0 Å². The molecule has 0 spiro atoms. The maximum Gasteiger partial charge on any atom is 0.335 e. The molecule has 0 bridgehead atoms. The second-order valence-corrected chi connectivity index (χ2v) is 2.42. The summed E-state index contributed by atoms with van der Waals surface area (Å²) < 4.78 is 0. The number of carboxylic acid groups (broad SMARTS) is 1. The Morgan fingerprint density at radius 3 is 2.31 bits per heavy atom. The number of rotatable bonds is 3. The van der Waals surface area contributed by atoms with Gasteiger partial charge in [-0.3, -0.25) is 4.79 Å². The summed E-state index contributed by atoms with van der Waals surface area (Å²) in [6, 6.07) is 6.27. The first-order valence-electron chi connectivity index (χ1n) is 3.69. The van der Waals surface area contributed by atoms with E-state index in [-0.39, 0.29) is 5.56 Å². The zero-order valence-electron chi connectivity index (χ0n) is 6.81. The molecule has 0 heterocycles. The van der Waals surface area contributed by atoms with Gasteiger partial charge in [-0.05, 0) is 23.8 Å². The third-order valence-corrected chi connectivity index (χ3v) is 1.52. The predicted molar refractivity (Wildman–Crippen MR) is 48.5 cm³/mol. The summed E-state index contributed by atoms with van der Waals surface area (Å²) >= 11 is 0. The van der Waals surface area contributed by atoms with E-state index in [1.54, 1.807) is 18.2 Å². The van der Waals surface area contributed by atoms with Crippen molar-refractivity contribution in [2.45, 2.75) is 0 Å². The molecule has 0 aromatic heterocycles. The molecule has 3 nitrogen and oxygen atoms in total. The van der Waals surface area contributed by atoms with Gasteiger partial charge in [-0.25, -0.2) is 4.79 Å². The second kappa shape index (κ2) is 4.21. The number of aldehydes is 1. The van der Waals surface area contributed by atoms with E-state index in [4.69, 9.17) is 5.11 Å². The molecule has 0 atom stereocenters. The Bertz CT molecular complexity index is 336. The van der Waals surface area contributed by atoms with E-state index < -0.39 is 5.97 Å². The third kappa shape index (κ3) is 2.56. The molecule has 0 saturated carbocycles. The van der Waals surface area contributed by atoms with Crippen LogP contribution in [0.4, 0.5) is 0 Å². The third-order valence-electron chi connectivity index (χ3n) is 1.52. The van der Waals surface area contributed by atoms with E-state index in [0.29, 0.717) is 6.29 Å². The summed E-state index contributed by atoms with van der Waals surface area (Å²) in [6.45, 7) is 0. The summed E-state index contributed by atoms with van der Waals surface area (Å²) in [6.07, 6.45) is 3.64. The zero-order chi connectivity index (χ0) is 9.68. The van der Waals surface area contributed by atoms with Crippen LogP contribution in [0.5, 0.6) is 0 Å². The van der Waals surface area contributed by atoms with Crippen LogP contribution in [-0.2, 0) is 4.79 Å². The molecule has 0 saturated heterocycles. The minimum absolute atomic E-state index is 0.239. The summed E-state index contributed by atoms with van der Waals surface area (Å²) in [7, 11) is 0. The molecule has 0 amide bonds. The van der Waals surface area contributed by atoms with Crippen LogP contribution in [0.25, 0.3) is 6.08 Å². The second-order valence-electron chi connectivity index (χ2n) is 2.42. The summed E-state index contributed by atoms with van der Waals surface area (Å²) in [5.41, 5.74) is 1.04. The molecule has 1 rings (SSSR count). The number of carbonyl (C=O) groups is 2. The number of hydrogen-bond acceptors (Lipinski definition) is 2. The molecule has 3 heteroatoms. The van der Waals surface area contributed by atoms with Crippen LogP contribution >= 0.6 is 0 Å². The average Bonchev–Trinajstić information content (AvgIpc) is 2.15. The molecule has 0 aliphatic heterocycles. The van der Waals surface area contributed by atoms with Gasteiger partial charge in [0.15, 0.2) is 0 Å². The van der Waals surface area contributed by atoms with Gasteiger partial charge in [0.25, 0.3) is 0 Å². The zero-order valence-corrected chi connectivity index (χ0v) is 6.81. The molecule has 0 unspecified atom stereocenters. The van der Waals surface area contributed by atoms with Crippen LogP contribution in [0.3, 0.4) is 0 Å². The van der Waals surface area contributed by atoms with Crippen molar-refractivity contribution in [3.8, 4) is 0 Å². The smallest absolute Gasteiger partial charge is 0.335 e. The normalized spacial score (nSPS) is 10.2. The molecule has 0 fully saturated rings. The average molecular weight is 176 g/mol. The quantitative estimate of drug-likeness (QED) is 0.562. The highest BCUT2D eigenvalue weighted by Gasteiger charge is 1.99. The van der Waals surface area contributed by atoms with Gasteiger partial charge in [0.1, 0.15) is 6.29 Å². The largest absolute Gasteiger partial charge is 0.478 e. The fraction of sp³-hybridized carbons (Fsp3) is 0.